The number of aliphatic carboxylic acids is 1. The van der Waals surface area contributed by atoms with Gasteiger partial charge in [-0.2, -0.15) is 9.61 Å². The Balaban J connectivity index is 1.75. The van der Waals surface area contributed by atoms with E-state index in [2.05, 4.69) is 15.3 Å². The maximum Gasteiger partial charge on any atom is 0.313 e. The van der Waals surface area contributed by atoms with Crippen LogP contribution < -0.4 is 0 Å². The topological polar surface area (TPSA) is 80.4 Å². The SMILES string of the molecule is O=C(O)CSCc1nn2c(C3CCCC3)nnc2s1. The van der Waals surface area contributed by atoms with E-state index in [0.717, 1.165) is 15.8 Å². The zero-order valence-electron chi connectivity index (χ0n) is 10.3. The minimum Gasteiger partial charge on any atom is -0.481 e. The lowest BCUT2D eigenvalue weighted by Gasteiger charge is -2.03. The average Bonchev–Trinajstić information content (AvgIpc) is 3.01. The van der Waals surface area contributed by atoms with E-state index in [0.29, 0.717) is 11.7 Å². The van der Waals surface area contributed by atoms with E-state index in [1.807, 2.05) is 4.52 Å². The summed E-state index contributed by atoms with van der Waals surface area (Å²) < 4.78 is 1.84. The zero-order chi connectivity index (χ0) is 13.2. The summed E-state index contributed by atoms with van der Waals surface area (Å²) in [5.74, 6) is 1.38. The van der Waals surface area contributed by atoms with Crippen LogP contribution in [0.2, 0.25) is 0 Å². The van der Waals surface area contributed by atoms with Crippen LogP contribution >= 0.6 is 23.1 Å². The summed E-state index contributed by atoms with van der Waals surface area (Å²) in [5, 5.41) is 22.5. The molecule has 0 atom stereocenters. The molecule has 6 nitrogen and oxygen atoms in total. The standard InChI is InChI=1S/C11H14N4O2S2/c16-9(17)6-18-5-8-14-15-10(7-3-1-2-4-7)12-13-11(15)19-8/h7H,1-6H2,(H,16,17). The first-order valence-electron chi connectivity index (χ1n) is 6.24. The van der Waals surface area contributed by atoms with Crippen LogP contribution in [0.3, 0.4) is 0 Å². The first-order valence-corrected chi connectivity index (χ1v) is 8.21. The maximum atomic E-state index is 10.5. The van der Waals surface area contributed by atoms with Gasteiger partial charge in [-0.05, 0) is 12.8 Å². The van der Waals surface area contributed by atoms with Gasteiger partial charge in [0.25, 0.3) is 0 Å². The molecule has 0 saturated heterocycles. The fourth-order valence-corrected chi connectivity index (χ4v) is 4.02. The fourth-order valence-electron chi connectivity index (χ4n) is 2.39. The Morgan fingerprint density at radius 3 is 2.95 bits per heavy atom. The van der Waals surface area contributed by atoms with E-state index in [1.165, 1.54) is 48.8 Å². The second-order valence-corrected chi connectivity index (χ2v) is 6.64. The first-order chi connectivity index (χ1) is 9.24. The predicted molar refractivity (Wildman–Crippen MR) is 73.7 cm³/mol. The van der Waals surface area contributed by atoms with Crippen molar-refractivity contribution in [1.82, 2.24) is 19.8 Å². The number of carboxylic acid groups (broad SMARTS) is 1. The largest absolute Gasteiger partial charge is 0.481 e. The number of hydrogen-bond donors (Lipinski definition) is 1. The molecule has 2 heterocycles. The Kier molecular flexibility index (Phi) is 3.69. The summed E-state index contributed by atoms with van der Waals surface area (Å²) in [4.78, 5) is 11.3. The highest BCUT2D eigenvalue weighted by atomic mass is 32.2. The third-order valence-corrected chi connectivity index (χ3v) is 5.24. The van der Waals surface area contributed by atoms with E-state index in [-0.39, 0.29) is 5.75 Å². The quantitative estimate of drug-likeness (QED) is 0.911. The van der Waals surface area contributed by atoms with Crippen molar-refractivity contribution < 1.29 is 9.90 Å². The summed E-state index contributed by atoms with van der Waals surface area (Å²) in [5.41, 5.74) is 0. The van der Waals surface area contributed by atoms with Gasteiger partial charge >= 0.3 is 5.97 Å². The molecule has 1 fully saturated rings. The number of carboxylic acids is 1. The molecule has 19 heavy (non-hydrogen) atoms. The van der Waals surface area contributed by atoms with Crippen LogP contribution in [0.5, 0.6) is 0 Å². The van der Waals surface area contributed by atoms with Gasteiger partial charge in [0.2, 0.25) is 4.96 Å². The number of carbonyl (C=O) groups is 1. The second-order valence-electron chi connectivity index (χ2n) is 4.62. The van der Waals surface area contributed by atoms with Crippen LogP contribution in [0, 0.1) is 0 Å². The lowest BCUT2D eigenvalue weighted by atomic mass is 10.1. The average molecular weight is 298 g/mol. The zero-order valence-corrected chi connectivity index (χ0v) is 11.9. The molecule has 2 aromatic heterocycles. The van der Waals surface area contributed by atoms with Crippen LogP contribution in [0.15, 0.2) is 0 Å². The number of rotatable bonds is 5. The van der Waals surface area contributed by atoms with Gasteiger partial charge in [-0.1, -0.05) is 24.2 Å². The van der Waals surface area contributed by atoms with Gasteiger partial charge in [-0.3, -0.25) is 4.79 Å². The summed E-state index contributed by atoms with van der Waals surface area (Å²) in [6.45, 7) is 0. The van der Waals surface area contributed by atoms with Gasteiger partial charge in [-0.15, -0.1) is 22.0 Å². The van der Waals surface area contributed by atoms with Gasteiger partial charge in [-0.25, -0.2) is 0 Å². The van der Waals surface area contributed by atoms with Crippen molar-refractivity contribution in [3.8, 4) is 0 Å². The lowest BCUT2D eigenvalue weighted by molar-refractivity contribution is -0.133. The van der Waals surface area contributed by atoms with Crippen LogP contribution in [-0.4, -0.2) is 36.6 Å². The van der Waals surface area contributed by atoms with Crippen molar-refractivity contribution in [2.75, 3.05) is 5.75 Å². The molecular formula is C11H14N4O2S2. The lowest BCUT2D eigenvalue weighted by Crippen LogP contribution is -2.02. The van der Waals surface area contributed by atoms with Crippen LogP contribution in [-0.2, 0) is 10.5 Å². The molecule has 0 aliphatic heterocycles. The number of hydrogen-bond acceptors (Lipinski definition) is 6. The summed E-state index contributed by atoms with van der Waals surface area (Å²) >= 11 is 2.85. The molecule has 102 valence electrons. The van der Waals surface area contributed by atoms with Crippen molar-refractivity contribution in [1.29, 1.82) is 0 Å². The Labute approximate surface area is 118 Å². The van der Waals surface area contributed by atoms with Crippen molar-refractivity contribution in [2.45, 2.75) is 37.4 Å². The molecule has 1 saturated carbocycles. The van der Waals surface area contributed by atoms with E-state index < -0.39 is 5.97 Å². The van der Waals surface area contributed by atoms with E-state index in [1.54, 1.807) is 0 Å². The molecule has 8 heteroatoms. The summed E-state index contributed by atoms with van der Waals surface area (Å²) in [6, 6.07) is 0. The molecule has 0 spiro atoms. The Morgan fingerprint density at radius 2 is 2.21 bits per heavy atom. The normalized spacial score (nSPS) is 16.4. The molecule has 1 aliphatic rings. The molecule has 1 N–H and O–H groups in total. The second kappa shape index (κ2) is 5.46. The van der Waals surface area contributed by atoms with Gasteiger partial charge in [0.15, 0.2) is 5.82 Å². The summed E-state index contributed by atoms with van der Waals surface area (Å²) in [6.07, 6.45) is 4.85. The molecule has 0 unspecified atom stereocenters. The van der Waals surface area contributed by atoms with Gasteiger partial charge < -0.3 is 5.11 Å². The molecular weight excluding hydrogens is 284 g/mol. The van der Waals surface area contributed by atoms with Gasteiger partial charge in [0.05, 0.1) is 5.75 Å². The van der Waals surface area contributed by atoms with E-state index in [4.69, 9.17) is 5.11 Å². The number of aromatic nitrogens is 4. The van der Waals surface area contributed by atoms with E-state index in [9.17, 15) is 4.79 Å². The van der Waals surface area contributed by atoms with Crippen LogP contribution in [0.4, 0.5) is 0 Å². The Bertz CT molecular complexity index is 589. The molecule has 0 amide bonds. The van der Waals surface area contributed by atoms with E-state index >= 15 is 0 Å². The highest BCUT2D eigenvalue weighted by molar-refractivity contribution is 7.99. The predicted octanol–water partition coefficient (Wildman–Crippen LogP) is 2.16. The molecule has 0 aromatic carbocycles. The molecule has 1 aliphatic carbocycles. The van der Waals surface area contributed by atoms with Gasteiger partial charge in [0.1, 0.15) is 5.01 Å². The van der Waals surface area contributed by atoms with Crippen molar-refractivity contribution >= 4 is 34.0 Å². The van der Waals surface area contributed by atoms with Crippen LogP contribution in [0.25, 0.3) is 4.96 Å². The Morgan fingerprint density at radius 1 is 1.42 bits per heavy atom. The Hall–Kier alpha value is -1.15. The third kappa shape index (κ3) is 2.74. The van der Waals surface area contributed by atoms with Crippen molar-refractivity contribution in [3.63, 3.8) is 0 Å². The molecule has 2 aromatic rings. The van der Waals surface area contributed by atoms with Gasteiger partial charge in [0, 0.05) is 11.7 Å². The highest BCUT2D eigenvalue weighted by Crippen LogP contribution is 2.33. The first kappa shape index (κ1) is 12.9. The molecule has 0 bridgehead atoms. The smallest absolute Gasteiger partial charge is 0.313 e. The summed E-state index contributed by atoms with van der Waals surface area (Å²) in [7, 11) is 0. The third-order valence-electron chi connectivity index (χ3n) is 3.23. The minimum absolute atomic E-state index is 0.107. The maximum absolute atomic E-state index is 10.5. The van der Waals surface area contributed by atoms with Crippen molar-refractivity contribution in [3.05, 3.63) is 10.8 Å². The molecule has 3 rings (SSSR count). The fraction of sp³-hybridized carbons (Fsp3) is 0.636. The van der Waals surface area contributed by atoms with Crippen molar-refractivity contribution in [2.24, 2.45) is 0 Å². The number of thioether (sulfide) groups is 1. The number of fused-ring (bicyclic) bond motifs is 1. The highest BCUT2D eigenvalue weighted by Gasteiger charge is 2.24. The minimum atomic E-state index is -0.792. The number of nitrogens with zero attached hydrogens (tertiary/aromatic N) is 4. The van der Waals surface area contributed by atoms with Crippen LogP contribution in [0.1, 0.15) is 42.4 Å². The monoisotopic (exact) mass is 298 g/mol. The molecule has 0 radical (unpaired) electrons.